The van der Waals surface area contributed by atoms with Gasteiger partial charge in [0, 0.05) is 4.92 Å². The van der Waals surface area contributed by atoms with Crippen molar-refractivity contribution in [3.05, 3.63) is 10.1 Å². The maximum Gasteiger partial charge on any atom is 0.232 e. The van der Waals surface area contributed by atoms with Gasteiger partial charge in [0.25, 0.3) is 0 Å². The Morgan fingerprint density at radius 2 is 1.50 bits per heavy atom. The fraction of sp³-hybridized carbons (Fsp3) is 1.00. The Morgan fingerprint density at radius 1 is 0.950 bits per heavy atom. The van der Waals surface area contributed by atoms with Gasteiger partial charge in [-0.1, -0.05) is 0 Å². The molecular formula is C12H19NO7. The van der Waals surface area contributed by atoms with Crippen molar-refractivity contribution in [1.82, 2.24) is 0 Å². The van der Waals surface area contributed by atoms with E-state index in [0.29, 0.717) is 0 Å². The predicted molar refractivity (Wildman–Crippen MR) is 64.4 cm³/mol. The summed E-state index contributed by atoms with van der Waals surface area (Å²) in [6.07, 6.45) is -2.80. The van der Waals surface area contributed by atoms with Crippen LogP contribution in [0.15, 0.2) is 0 Å². The first-order valence-electron chi connectivity index (χ1n) is 6.65. The van der Waals surface area contributed by atoms with E-state index in [0.717, 1.165) is 0 Å². The van der Waals surface area contributed by atoms with Gasteiger partial charge >= 0.3 is 0 Å². The van der Waals surface area contributed by atoms with Gasteiger partial charge in [-0.05, 0) is 27.7 Å². The minimum atomic E-state index is -0.821. The molecule has 20 heavy (non-hydrogen) atoms. The van der Waals surface area contributed by atoms with Gasteiger partial charge in [0.2, 0.25) is 6.54 Å². The summed E-state index contributed by atoms with van der Waals surface area (Å²) in [5.74, 6) is -1.63. The quantitative estimate of drug-likeness (QED) is 0.545. The van der Waals surface area contributed by atoms with Crippen molar-refractivity contribution in [2.45, 2.75) is 70.0 Å². The molecule has 114 valence electrons. The summed E-state index contributed by atoms with van der Waals surface area (Å²) in [7, 11) is 0. The van der Waals surface area contributed by atoms with E-state index in [1.165, 1.54) is 0 Å². The molecule has 3 aliphatic heterocycles. The van der Waals surface area contributed by atoms with Gasteiger partial charge in [-0.15, -0.1) is 0 Å². The third kappa shape index (κ3) is 2.42. The largest absolute Gasteiger partial charge is 0.342 e. The molecule has 0 bridgehead atoms. The molecule has 0 aromatic heterocycles. The summed E-state index contributed by atoms with van der Waals surface area (Å²) in [5, 5.41) is 10.8. The van der Waals surface area contributed by atoms with Crippen LogP contribution in [0.4, 0.5) is 0 Å². The van der Waals surface area contributed by atoms with Crippen molar-refractivity contribution in [1.29, 1.82) is 0 Å². The third-order valence-corrected chi connectivity index (χ3v) is 3.58. The molecule has 0 unspecified atom stereocenters. The van der Waals surface area contributed by atoms with Crippen LogP contribution in [0.3, 0.4) is 0 Å². The van der Waals surface area contributed by atoms with Crippen LogP contribution in [0, 0.1) is 10.1 Å². The number of hydrogen-bond donors (Lipinski definition) is 0. The second-order valence-electron chi connectivity index (χ2n) is 6.22. The zero-order valence-corrected chi connectivity index (χ0v) is 11.9. The van der Waals surface area contributed by atoms with Crippen molar-refractivity contribution >= 4 is 0 Å². The Hall–Kier alpha value is -0.800. The maximum atomic E-state index is 10.8. The highest BCUT2D eigenvalue weighted by Crippen LogP contribution is 2.43. The lowest BCUT2D eigenvalue weighted by Gasteiger charge is -2.35. The first-order chi connectivity index (χ1) is 9.17. The molecular weight excluding hydrogens is 270 g/mol. The van der Waals surface area contributed by atoms with Gasteiger partial charge in [0.15, 0.2) is 24.0 Å². The van der Waals surface area contributed by atoms with Crippen LogP contribution in [-0.4, -0.2) is 53.7 Å². The Labute approximate surface area is 116 Å². The minimum absolute atomic E-state index is 0.354. The van der Waals surface area contributed by atoms with Crippen LogP contribution in [0.25, 0.3) is 0 Å². The molecule has 0 radical (unpaired) electrons. The molecule has 8 heteroatoms. The average molecular weight is 289 g/mol. The zero-order chi connectivity index (χ0) is 14.7. The van der Waals surface area contributed by atoms with Gasteiger partial charge < -0.3 is 23.7 Å². The zero-order valence-electron chi connectivity index (χ0n) is 11.9. The predicted octanol–water partition coefficient (Wildman–Crippen LogP) is 0.660. The van der Waals surface area contributed by atoms with Crippen molar-refractivity contribution in [2.75, 3.05) is 6.54 Å². The monoisotopic (exact) mass is 289 g/mol. The summed E-state index contributed by atoms with van der Waals surface area (Å²) in [6.45, 7) is 6.73. The highest BCUT2D eigenvalue weighted by atomic mass is 16.9. The molecule has 8 nitrogen and oxygen atoms in total. The lowest BCUT2D eigenvalue weighted by molar-refractivity contribution is -0.499. The topological polar surface area (TPSA) is 89.3 Å². The first kappa shape index (κ1) is 14.2. The maximum absolute atomic E-state index is 10.8. The van der Waals surface area contributed by atoms with Gasteiger partial charge in [-0.2, -0.15) is 0 Å². The van der Waals surface area contributed by atoms with Crippen molar-refractivity contribution < 1.29 is 28.6 Å². The highest BCUT2D eigenvalue weighted by molar-refractivity contribution is 4.99. The van der Waals surface area contributed by atoms with Crippen LogP contribution in [0.5, 0.6) is 0 Å². The SMILES string of the molecule is CC1(C)O[C@H]2[C@@H](O1)[C@@H](C[N+](=O)[O-])O[C@@H]1OC(C)(C)O[C@@H]12. The summed E-state index contributed by atoms with van der Waals surface area (Å²) in [6, 6.07) is 0. The molecule has 5 atom stereocenters. The van der Waals surface area contributed by atoms with Crippen LogP contribution in [0.1, 0.15) is 27.7 Å². The van der Waals surface area contributed by atoms with Crippen molar-refractivity contribution in [2.24, 2.45) is 0 Å². The number of ether oxygens (including phenoxy) is 5. The van der Waals surface area contributed by atoms with Gasteiger partial charge in [-0.25, -0.2) is 0 Å². The van der Waals surface area contributed by atoms with E-state index in [-0.39, 0.29) is 6.54 Å². The molecule has 0 aliphatic carbocycles. The first-order valence-corrected chi connectivity index (χ1v) is 6.65. The van der Waals surface area contributed by atoms with Crippen LogP contribution in [0.2, 0.25) is 0 Å². The molecule has 3 heterocycles. The second-order valence-corrected chi connectivity index (χ2v) is 6.22. The lowest BCUT2D eigenvalue weighted by Crippen LogP contribution is -2.56. The van der Waals surface area contributed by atoms with Crippen molar-refractivity contribution in [3.63, 3.8) is 0 Å². The smallest absolute Gasteiger partial charge is 0.232 e. The van der Waals surface area contributed by atoms with Crippen LogP contribution < -0.4 is 0 Å². The van der Waals surface area contributed by atoms with E-state index in [2.05, 4.69) is 0 Å². The number of fused-ring (bicyclic) bond motifs is 3. The van der Waals surface area contributed by atoms with Crippen LogP contribution >= 0.6 is 0 Å². The van der Waals surface area contributed by atoms with E-state index in [1.807, 2.05) is 0 Å². The van der Waals surface area contributed by atoms with E-state index in [1.54, 1.807) is 27.7 Å². The third-order valence-electron chi connectivity index (χ3n) is 3.58. The molecule has 3 rings (SSSR count). The lowest BCUT2D eigenvalue weighted by atomic mass is 9.99. The Kier molecular flexibility index (Phi) is 3.07. The summed E-state index contributed by atoms with van der Waals surface area (Å²) < 4.78 is 28.7. The average Bonchev–Trinajstić information content (AvgIpc) is 2.73. The standard InChI is InChI=1S/C12H19NO7/c1-11(2)17-7-6(5-13(14)15)16-10-9(8(7)18-11)19-12(3,4)20-10/h6-10H,5H2,1-4H3/t6-,7+,8+,9-,10-/m1/s1. The highest BCUT2D eigenvalue weighted by Gasteiger charge is 2.61. The molecule has 0 N–H and O–H groups in total. The molecule has 3 saturated heterocycles. The Morgan fingerprint density at radius 3 is 2.15 bits per heavy atom. The van der Waals surface area contributed by atoms with E-state index in [4.69, 9.17) is 23.7 Å². The fourth-order valence-corrected chi connectivity index (χ4v) is 2.99. The summed E-state index contributed by atoms with van der Waals surface area (Å²) in [4.78, 5) is 10.4. The Bertz CT molecular complexity index is 424. The van der Waals surface area contributed by atoms with E-state index >= 15 is 0 Å². The molecule has 0 amide bonds. The van der Waals surface area contributed by atoms with E-state index < -0.39 is 47.2 Å². The minimum Gasteiger partial charge on any atom is -0.342 e. The molecule has 0 spiro atoms. The normalized spacial score (nSPS) is 44.9. The summed E-state index contributed by atoms with van der Waals surface area (Å²) >= 11 is 0. The number of hydrogen-bond acceptors (Lipinski definition) is 7. The van der Waals surface area contributed by atoms with Crippen molar-refractivity contribution in [3.8, 4) is 0 Å². The number of nitrogens with zero attached hydrogens (tertiary/aromatic N) is 1. The fourth-order valence-electron chi connectivity index (χ4n) is 2.99. The van der Waals surface area contributed by atoms with Gasteiger partial charge in [0.1, 0.15) is 18.3 Å². The van der Waals surface area contributed by atoms with Crippen LogP contribution in [-0.2, 0) is 23.7 Å². The molecule has 3 aliphatic rings. The second kappa shape index (κ2) is 4.35. The van der Waals surface area contributed by atoms with Gasteiger partial charge in [0.05, 0.1) is 0 Å². The summed E-state index contributed by atoms with van der Waals surface area (Å²) in [5.41, 5.74) is 0. The molecule has 3 fully saturated rings. The molecule has 0 aromatic rings. The van der Waals surface area contributed by atoms with E-state index in [9.17, 15) is 10.1 Å². The van der Waals surface area contributed by atoms with Gasteiger partial charge in [-0.3, -0.25) is 10.1 Å². The Balaban J connectivity index is 1.86. The number of nitro groups is 1. The molecule has 0 aromatic carbocycles. The molecule has 0 saturated carbocycles. The number of rotatable bonds is 2.